The van der Waals surface area contributed by atoms with Gasteiger partial charge in [0.25, 0.3) is 0 Å². The second kappa shape index (κ2) is 5.10. The van der Waals surface area contributed by atoms with E-state index in [2.05, 4.69) is 24.4 Å². The Morgan fingerprint density at radius 2 is 2.13 bits per heavy atom. The first kappa shape index (κ1) is 14.8. The van der Waals surface area contributed by atoms with E-state index in [4.69, 9.17) is 4.74 Å². The molecule has 0 unspecified atom stereocenters. The smallest absolute Gasteiger partial charge is 0.225 e. The number of methoxy groups -OCH3 is 1. The molecular formula is C19H23NO3. The average molecular weight is 313 g/mol. The molecule has 2 N–H and O–H groups in total. The van der Waals surface area contributed by atoms with Crippen LogP contribution in [-0.4, -0.2) is 24.2 Å². The number of hydrogen-bond donors (Lipinski definition) is 2. The highest BCUT2D eigenvalue weighted by Gasteiger charge is 2.51. The second-order valence-electron chi connectivity index (χ2n) is 7.30. The Hall–Kier alpha value is -1.81. The molecule has 1 fully saturated rings. The number of carbonyl (C=O) groups is 1. The van der Waals surface area contributed by atoms with Crippen LogP contribution < -0.4 is 10.1 Å². The molecule has 2 aliphatic carbocycles. The van der Waals surface area contributed by atoms with E-state index < -0.39 is 0 Å². The quantitative estimate of drug-likeness (QED) is 0.838. The van der Waals surface area contributed by atoms with Crippen molar-refractivity contribution >= 4 is 11.6 Å². The molecule has 0 spiro atoms. The molecule has 3 atom stereocenters. The predicted octanol–water partition coefficient (Wildman–Crippen LogP) is 2.65. The molecule has 1 heterocycles. The molecule has 3 aliphatic rings. The van der Waals surface area contributed by atoms with E-state index in [1.807, 2.05) is 6.07 Å². The zero-order valence-electron chi connectivity index (χ0n) is 13.7. The van der Waals surface area contributed by atoms with Gasteiger partial charge in [0, 0.05) is 23.1 Å². The summed E-state index contributed by atoms with van der Waals surface area (Å²) in [5.41, 5.74) is 4.33. The van der Waals surface area contributed by atoms with Gasteiger partial charge in [0.1, 0.15) is 5.75 Å². The monoisotopic (exact) mass is 313 g/mol. The topological polar surface area (TPSA) is 58.6 Å². The number of fused-ring (bicyclic) bond motifs is 4. The lowest BCUT2D eigenvalue weighted by atomic mass is 9.70. The minimum atomic E-state index is -0.387. The summed E-state index contributed by atoms with van der Waals surface area (Å²) >= 11 is 0. The maximum absolute atomic E-state index is 12.5. The Labute approximate surface area is 136 Å². The first-order chi connectivity index (χ1) is 11.0. The summed E-state index contributed by atoms with van der Waals surface area (Å²) in [6.07, 6.45) is 3.68. The molecule has 122 valence electrons. The highest BCUT2D eigenvalue weighted by molar-refractivity contribution is 5.90. The van der Waals surface area contributed by atoms with E-state index >= 15 is 0 Å². The summed E-state index contributed by atoms with van der Waals surface area (Å²) in [4.78, 5) is 12.5. The zero-order chi connectivity index (χ0) is 16.2. The summed E-state index contributed by atoms with van der Waals surface area (Å²) in [7, 11) is 1.67. The van der Waals surface area contributed by atoms with Crippen molar-refractivity contribution in [2.45, 2.75) is 45.1 Å². The van der Waals surface area contributed by atoms with Crippen molar-refractivity contribution in [1.82, 2.24) is 5.32 Å². The highest BCUT2D eigenvalue weighted by Crippen LogP contribution is 2.54. The molecule has 23 heavy (non-hydrogen) atoms. The fourth-order valence-corrected chi connectivity index (χ4v) is 4.77. The van der Waals surface area contributed by atoms with Gasteiger partial charge in [-0.05, 0) is 60.9 Å². The third kappa shape index (κ3) is 2.12. The van der Waals surface area contributed by atoms with Gasteiger partial charge < -0.3 is 15.2 Å². The standard InChI is InChI=1S/C19H23NO3/c1-19-10-17(22)20-18-13-6-4-12(23-2)9-11(13)3-5-14(18)15(19)7-8-16(19)21/h4,6,9,15-16,21H,3,5,7-8,10H2,1-2H3,(H,20,22)/t15-,16-,19-/m0/s1. The summed E-state index contributed by atoms with van der Waals surface area (Å²) in [5.74, 6) is 1.17. The number of aliphatic hydroxyl groups excluding tert-OH is 1. The maximum atomic E-state index is 12.5. The van der Waals surface area contributed by atoms with Gasteiger partial charge in [-0.2, -0.15) is 0 Å². The number of carbonyl (C=O) groups excluding carboxylic acids is 1. The molecule has 1 amide bonds. The van der Waals surface area contributed by atoms with Crippen LogP contribution >= 0.6 is 0 Å². The first-order valence-electron chi connectivity index (χ1n) is 8.41. The van der Waals surface area contributed by atoms with E-state index in [-0.39, 0.29) is 17.4 Å². The van der Waals surface area contributed by atoms with Gasteiger partial charge in [-0.1, -0.05) is 6.92 Å². The highest BCUT2D eigenvalue weighted by atomic mass is 16.5. The lowest BCUT2D eigenvalue weighted by Gasteiger charge is -2.35. The fraction of sp³-hybridized carbons (Fsp3) is 0.526. The number of benzene rings is 1. The molecule has 0 radical (unpaired) electrons. The van der Waals surface area contributed by atoms with E-state index in [0.717, 1.165) is 42.7 Å². The van der Waals surface area contributed by atoms with Crippen LogP contribution in [0.15, 0.2) is 23.8 Å². The van der Waals surface area contributed by atoms with Gasteiger partial charge in [-0.25, -0.2) is 0 Å². The lowest BCUT2D eigenvalue weighted by Crippen LogP contribution is -2.35. The molecule has 1 aliphatic heterocycles. The summed E-state index contributed by atoms with van der Waals surface area (Å²) in [6, 6.07) is 6.07. The number of aryl methyl sites for hydroxylation is 1. The van der Waals surface area contributed by atoms with Gasteiger partial charge in [-0.15, -0.1) is 0 Å². The van der Waals surface area contributed by atoms with Crippen LogP contribution in [0.25, 0.3) is 5.70 Å². The van der Waals surface area contributed by atoms with Crippen LogP contribution in [0.5, 0.6) is 5.75 Å². The zero-order valence-corrected chi connectivity index (χ0v) is 13.7. The Morgan fingerprint density at radius 1 is 1.30 bits per heavy atom. The third-order valence-electron chi connectivity index (χ3n) is 6.08. The molecule has 4 heteroatoms. The third-order valence-corrected chi connectivity index (χ3v) is 6.08. The van der Waals surface area contributed by atoms with Crippen molar-refractivity contribution in [3.05, 3.63) is 34.9 Å². The number of nitrogens with one attached hydrogen (secondary N) is 1. The van der Waals surface area contributed by atoms with Crippen molar-refractivity contribution in [1.29, 1.82) is 0 Å². The van der Waals surface area contributed by atoms with Crippen molar-refractivity contribution < 1.29 is 14.6 Å². The maximum Gasteiger partial charge on any atom is 0.225 e. The van der Waals surface area contributed by atoms with Crippen LogP contribution in [0, 0.1) is 11.3 Å². The average Bonchev–Trinajstić information content (AvgIpc) is 2.75. The second-order valence-corrected chi connectivity index (χ2v) is 7.30. The number of hydrogen-bond acceptors (Lipinski definition) is 3. The van der Waals surface area contributed by atoms with Crippen LogP contribution in [0.3, 0.4) is 0 Å². The van der Waals surface area contributed by atoms with Gasteiger partial charge in [-0.3, -0.25) is 4.79 Å². The Balaban J connectivity index is 1.85. The number of rotatable bonds is 1. The van der Waals surface area contributed by atoms with Gasteiger partial charge in [0.15, 0.2) is 0 Å². The molecule has 4 nitrogen and oxygen atoms in total. The van der Waals surface area contributed by atoms with Crippen LogP contribution in [0.1, 0.15) is 43.7 Å². The minimum absolute atomic E-state index is 0.0205. The number of aliphatic hydroxyl groups is 1. The molecule has 4 rings (SSSR count). The van der Waals surface area contributed by atoms with E-state index in [0.29, 0.717) is 12.3 Å². The molecule has 0 saturated heterocycles. The van der Waals surface area contributed by atoms with Gasteiger partial charge in [0.2, 0.25) is 5.91 Å². The van der Waals surface area contributed by atoms with Gasteiger partial charge >= 0.3 is 0 Å². The summed E-state index contributed by atoms with van der Waals surface area (Å²) < 4.78 is 5.33. The number of allylic oxidation sites excluding steroid dienone is 1. The van der Waals surface area contributed by atoms with Crippen molar-refractivity contribution in [3.63, 3.8) is 0 Å². The van der Waals surface area contributed by atoms with E-state index in [1.165, 1.54) is 11.1 Å². The Kier molecular flexibility index (Phi) is 3.27. The Morgan fingerprint density at radius 3 is 2.91 bits per heavy atom. The Bertz CT molecular complexity index is 709. The summed E-state index contributed by atoms with van der Waals surface area (Å²) in [6.45, 7) is 2.08. The molecule has 1 aromatic carbocycles. The molecular weight excluding hydrogens is 290 g/mol. The predicted molar refractivity (Wildman–Crippen MR) is 87.8 cm³/mol. The normalized spacial score (nSPS) is 32.6. The van der Waals surface area contributed by atoms with Crippen LogP contribution in [-0.2, 0) is 11.2 Å². The van der Waals surface area contributed by atoms with E-state index in [9.17, 15) is 9.90 Å². The largest absolute Gasteiger partial charge is 0.497 e. The van der Waals surface area contributed by atoms with E-state index in [1.54, 1.807) is 7.11 Å². The van der Waals surface area contributed by atoms with Crippen LogP contribution in [0.2, 0.25) is 0 Å². The van der Waals surface area contributed by atoms with Crippen molar-refractivity contribution in [2.24, 2.45) is 11.3 Å². The molecule has 0 bridgehead atoms. The fourth-order valence-electron chi connectivity index (χ4n) is 4.77. The van der Waals surface area contributed by atoms with Crippen LogP contribution in [0.4, 0.5) is 0 Å². The van der Waals surface area contributed by atoms with Crippen molar-refractivity contribution in [3.8, 4) is 5.75 Å². The molecule has 1 saturated carbocycles. The van der Waals surface area contributed by atoms with Crippen molar-refractivity contribution in [2.75, 3.05) is 7.11 Å². The SMILES string of the molecule is COc1ccc2c(c1)CCC1=C2NC(=O)C[C@]2(C)[C@@H](O)CC[C@@H]12. The first-order valence-corrected chi connectivity index (χ1v) is 8.41. The number of ether oxygens (including phenoxy) is 1. The lowest BCUT2D eigenvalue weighted by molar-refractivity contribution is -0.123. The minimum Gasteiger partial charge on any atom is -0.497 e. The van der Waals surface area contributed by atoms with Gasteiger partial charge in [0.05, 0.1) is 13.2 Å². The molecule has 0 aromatic heterocycles. The molecule has 1 aromatic rings. The summed E-state index contributed by atoms with van der Waals surface area (Å²) in [5, 5.41) is 13.6. The number of amides is 1.